The lowest BCUT2D eigenvalue weighted by Gasteiger charge is -2.21. The van der Waals surface area contributed by atoms with E-state index in [2.05, 4.69) is 4.98 Å². The number of hydrogen-bond donors (Lipinski definition) is 2. The van der Waals surface area contributed by atoms with Crippen molar-refractivity contribution in [2.24, 2.45) is 0 Å². The number of carbonyl (C=O) groups excluding carboxylic acids is 2. The Labute approximate surface area is 178 Å². The molecule has 0 amide bonds. The number of aryl methyl sites for hydroxylation is 1. The Morgan fingerprint density at radius 3 is 2.43 bits per heavy atom. The molecule has 2 aromatic rings. The molecule has 0 fully saturated rings. The standard InChI is InChI=1S/C23H32N2O5/c1-8-29-18-11-10-17(12-19(18)28-7)13-25(6)16(5)22(26)21-14(3)20(15(4)24-21)23(27)30-9-2/h10-12,16,24H,8-9,13H2,1-7H3/p+1/t16-/m1/s1. The van der Waals surface area contributed by atoms with E-state index < -0.39 is 5.97 Å². The van der Waals surface area contributed by atoms with Crippen molar-refractivity contribution in [1.82, 2.24) is 4.98 Å². The van der Waals surface area contributed by atoms with Gasteiger partial charge in [-0.3, -0.25) is 4.79 Å². The third kappa shape index (κ3) is 5.02. The maximum Gasteiger partial charge on any atom is 0.340 e. The molecule has 0 aliphatic heterocycles. The van der Waals surface area contributed by atoms with Crippen molar-refractivity contribution < 1.29 is 28.7 Å². The van der Waals surface area contributed by atoms with Crippen molar-refractivity contribution in [3.8, 4) is 11.5 Å². The molecular formula is C23H33N2O5+. The number of nitrogens with one attached hydrogen (secondary N) is 2. The van der Waals surface area contributed by atoms with E-state index in [1.165, 1.54) is 0 Å². The van der Waals surface area contributed by atoms with Crippen LogP contribution in [0.2, 0.25) is 0 Å². The number of likely N-dealkylation sites (N-methyl/N-ethyl adjacent to an activating group) is 1. The summed E-state index contributed by atoms with van der Waals surface area (Å²) < 4.78 is 16.1. The van der Waals surface area contributed by atoms with Gasteiger partial charge in [0.15, 0.2) is 17.5 Å². The number of ether oxygens (including phenoxy) is 3. The molecule has 0 aliphatic rings. The number of quaternary nitrogens is 1. The van der Waals surface area contributed by atoms with Gasteiger partial charge in [-0.2, -0.15) is 0 Å². The van der Waals surface area contributed by atoms with E-state index in [1.54, 1.807) is 27.9 Å². The minimum atomic E-state index is -0.405. The summed E-state index contributed by atoms with van der Waals surface area (Å²) in [7, 11) is 3.59. The zero-order chi connectivity index (χ0) is 22.4. The monoisotopic (exact) mass is 417 g/mol. The second kappa shape index (κ2) is 10.3. The Bertz CT molecular complexity index is 903. The fourth-order valence-electron chi connectivity index (χ4n) is 3.52. The minimum absolute atomic E-state index is 0.0402. The van der Waals surface area contributed by atoms with E-state index in [1.807, 2.05) is 39.1 Å². The van der Waals surface area contributed by atoms with Crippen molar-refractivity contribution in [2.75, 3.05) is 27.4 Å². The van der Waals surface area contributed by atoms with Gasteiger partial charge in [0.1, 0.15) is 6.54 Å². The number of aromatic nitrogens is 1. The van der Waals surface area contributed by atoms with Gasteiger partial charge in [-0.05, 0) is 58.4 Å². The summed E-state index contributed by atoms with van der Waals surface area (Å²) in [5.74, 6) is 0.935. The molecule has 0 radical (unpaired) electrons. The molecule has 2 atom stereocenters. The summed E-state index contributed by atoms with van der Waals surface area (Å²) in [6.07, 6.45) is 0. The van der Waals surface area contributed by atoms with Crippen LogP contribution >= 0.6 is 0 Å². The summed E-state index contributed by atoms with van der Waals surface area (Å²) in [4.78, 5) is 29.5. The number of esters is 1. The Balaban J connectivity index is 2.19. The summed E-state index contributed by atoms with van der Waals surface area (Å²) in [6.45, 7) is 10.6. The molecule has 1 heterocycles. The predicted molar refractivity (Wildman–Crippen MR) is 115 cm³/mol. The second-order valence-corrected chi connectivity index (χ2v) is 7.37. The Morgan fingerprint density at radius 2 is 1.83 bits per heavy atom. The lowest BCUT2D eigenvalue weighted by atomic mass is 10.0. The highest BCUT2D eigenvalue weighted by atomic mass is 16.5. The molecule has 2 rings (SSSR count). The van der Waals surface area contributed by atoms with Gasteiger partial charge >= 0.3 is 5.97 Å². The molecule has 0 spiro atoms. The van der Waals surface area contributed by atoms with Gasteiger partial charge in [-0.25, -0.2) is 4.79 Å². The Kier molecular flexibility index (Phi) is 8.06. The maximum absolute atomic E-state index is 13.2. The van der Waals surface area contributed by atoms with Gasteiger partial charge < -0.3 is 24.1 Å². The number of ketones is 1. The van der Waals surface area contributed by atoms with Gasteiger partial charge in [-0.1, -0.05) is 0 Å². The SMILES string of the molecule is CCOC(=O)c1c(C)[nH]c(C(=O)[C@@H](C)[NH+](C)Cc2ccc(OCC)c(OC)c2)c1C. The van der Waals surface area contributed by atoms with Crippen LogP contribution in [0.1, 0.15) is 58.4 Å². The van der Waals surface area contributed by atoms with E-state index >= 15 is 0 Å². The van der Waals surface area contributed by atoms with Gasteiger partial charge in [0.05, 0.1) is 38.6 Å². The molecule has 0 saturated carbocycles. The lowest BCUT2D eigenvalue weighted by molar-refractivity contribution is -0.907. The molecule has 1 unspecified atom stereocenters. The molecule has 1 aromatic carbocycles. The van der Waals surface area contributed by atoms with E-state index in [4.69, 9.17) is 14.2 Å². The number of methoxy groups -OCH3 is 1. The topological polar surface area (TPSA) is 82.1 Å². The normalized spacial score (nSPS) is 12.9. The van der Waals surface area contributed by atoms with Crippen LogP contribution in [0.15, 0.2) is 18.2 Å². The van der Waals surface area contributed by atoms with E-state index in [0.29, 0.717) is 53.8 Å². The predicted octanol–water partition coefficient (Wildman–Crippen LogP) is 2.50. The summed E-state index contributed by atoms with van der Waals surface area (Å²) in [5, 5.41) is 0. The van der Waals surface area contributed by atoms with Gasteiger partial charge in [0.25, 0.3) is 0 Å². The summed E-state index contributed by atoms with van der Waals surface area (Å²) >= 11 is 0. The summed E-state index contributed by atoms with van der Waals surface area (Å²) in [6, 6.07) is 5.50. The third-order valence-electron chi connectivity index (χ3n) is 5.31. The molecule has 164 valence electrons. The summed E-state index contributed by atoms with van der Waals surface area (Å²) in [5.41, 5.74) is 3.24. The van der Waals surface area contributed by atoms with Crippen molar-refractivity contribution >= 4 is 11.8 Å². The smallest absolute Gasteiger partial charge is 0.340 e. The van der Waals surface area contributed by atoms with Crippen LogP contribution in [0.5, 0.6) is 11.5 Å². The number of hydrogen-bond acceptors (Lipinski definition) is 5. The maximum atomic E-state index is 13.2. The number of H-pyrrole nitrogens is 1. The third-order valence-corrected chi connectivity index (χ3v) is 5.31. The zero-order valence-electron chi connectivity index (χ0n) is 19.0. The van der Waals surface area contributed by atoms with Crippen LogP contribution in [0.3, 0.4) is 0 Å². The van der Waals surface area contributed by atoms with Gasteiger partial charge in [0.2, 0.25) is 5.78 Å². The molecule has 0 bridgehead atoms. The Morgan fingerprint density at radius 1 is 1.13 bits per heavy atom. The first-order chi connectivity index (χ1) is 14.2. The van der Waals surface area contributed by atoms with Crippen molar-refractivity contribution in [2.45, 2.75) is 47.2 Å². The quantitative estimate of drug-likeness (QED) is 0.459. The van der Waals surface area contributed by atoms with Gasteiger partial charge in [-0.15, -0.1) is 0 Å². The molecule has 2 N–H and O–H groups in total. The zero-order valence-corrected chi connectivity index (χ0v) is 19.0. The van der Waals surface area contributed by atoms with E-state index in [0.717, 1.165) is 10.5 Å². The van der Waals surface area contributed by atoms with Crippen LogP contribution in [-0.4, -0.2) is 50.1 Å². The molecule has 7 nitrogen and oxygen atoms in total. The van der Waals surface area contributed by atoms with Gasteiger partial charge in [0, 0.05) is 11.3 Å². The van der Waals surface area contributed by atoms with Crippen LogP contribution in [-0.2, 0) is 11.3 Å². The van der Waals surface area contributed by atoms with Crippen LogP contribution in [0.25, 0.3) is 0 Å². The Hall–Kier alpha value is -2.80. The number of benzene rings is 1. The molecular weight excluding hydrogens is 384 g/mol. The highest BCUT2D eigenvalue weighted by Gasteiger charge is 2.29. The van der Waals surface area contributed by atoms with E-state index in [-0.39, 0.29) is 11.8 Å². The van der Waals surface area contributed by atoms with Crippen molar-refractivity contribution in [1.29, 1.82) is 0 Å². The first-order valence-electron chi connectivity index (χ1n) is 10.3. The van der Waals surface area contributed by atoms with Crippen LogP contribution in [0.4, 0.5) is 0 Å². The molecule has 30 heavy (non-hydrogen) atoms. The number of rotatable bonds is 10. The van der Waals surface area contributed by atoms with E-state index in [9.17, 15) is 9.59 Å². The van der Waals surface area contributed by atoms with Crippen LogP contribution < -0.4 is 14.4 Å². The number of aromatic amines is 1. The minimum Gasteiger partial charge on any atom is -0.493 e. The van der Waals surface area contributed by atoms with Crippen LogP contribution in [0, 0.1) is 13.8 Å². The highest BCUT2D eigenvalue weighted by molar-refractivity contribution is 6.03. The average Bonchev–Trinajstić information content (AvgIpc) is 3.02. The van der Waals surface area contributed by atoms with Crippen molar-refractivity contribution in [3.63, 3.8) is 0 Å². The first kappa shape index (κ1) is 23.5. The largest absolute Gasteiger partial charge is 0.493 e. The number of carbonyl (C=O) groups is 2. The number of Topliss-reactive ketones (excluding diaryl/α,β-unsaturated/α-hetero) is 1. The molecule has 7 heteroatoms. The lowest BCUT2D eigenvalue weighted by Crippen LogP contribution is -3.12. The van der Waals surface area contributed by atoms with Crippen molar-refractivity contribution in [3.05, 3.63) is 46.3 Å². The molecule has 0 saturated heterocycles. The fourth-order valence-corrected chi connectivity index (χ4v) is 3.52. The molecule has 0 aliphatic carbocycles. The average molecular weight is 418 g/mol. The second-order valence-electron chi connectivity index (χ2n) is 7.37. The fraction of sp³-hybridized carbons (Fsp3) is 0.478. The first-order valence-corrected chi connectivity index (χ1v) is 10.3. The highest BCUT2D eigenvalue weighted by Crippen LogP contribution is 2.27. The molecule has 1 aromatic heterocycles.